The Balaban J connectivity index is 1.71. The second-order valence-electron chi connectivity index (χ2n) is 6.51. The van der Waals surface area contributed by atoms with Gasteiger partial charge in [-0.2, -0.15) is 5.10 Å². The normalized spacial score (nSPS) is 15.7. The lowest BCUT2D eigenvalue weighted by atomic mass is 10.1. The van der Waals surface area contributed by atoms with Gasteiger partial charge < -0.3 is 10.6 Å². The van der Waals surface area contributed by atoms with Crippen molar-refractivity contribution in [2.75, 3.05) is 10.6 Å². The van der Waals surface area contributed by atoms with E-state index in [1.165, 1.54) is 16.8 Å². The van der Waals surface area contributed by atoms with E-state index in [-0.39, 0.29) is 18.1 Å². The molecule has 142 valence electrons. The molecule has 0 aliphatic carbocycles. The number of carbonyl (C=O) groups excluding carboxylic acids is 2. The van der Waals surface area contributed by atoms with Crippen molar-refractivity contribution in [2.45, 2.75) is 19.4 Å². The zero-order valence-electron chi connectivity index (χ0n) is 14.9. The molecular weight excluding hydrogens is 383 g/mol. The van der Waals surface area contributed by atoms with Gasteiger partial charge in [0.05, 0.1) is 22.8 Å². The molecule has 0 radical (unpaired) electrons. The molecule has 4 rings (SSSR count). The molecule has 28 heavy (non-hydrogen) atoms. The van der Waals surface area contributed by atoms with Gasteiger partial charge in [0.1, 0.15) is 17.7 Å². The molecule has 0 unspecified atom stereocenters. The average Bonchev–Trinajstić information content (AvgIpc) is 3.00. The summed E-state index contributed by atoms with van der Waals surface area (Å²) in [5, 5.41) is 10.5. The highest BCUT2D eigenvalue weighted by Gasteiger charge is 2.34. The molecule has 0 saturated carbocycles. The van der Waals surface area contributed by atoms with Gasteiger partial charge in [-0.3, -0.25) is 9.59 Å². The molecule has 1 aromatic heterocycles. The summed E-state index contributed by atoms with van der Waals surface area (Å²) >= 11 is 6.11. The number of nitrogens with one attached hydrogen (secondary N) is 2. The number of anilines is 2. The molecule has 0 fully saturated rings. The summed E-state index contributed by atoms with van der Waals surface area (Å²) in [6, 6.07) is 11.9. The maximum absolute atomic E-state index is 13.2. The number of amides is 2. The van der Waals surface area contributed by atoms with Crippen molar-refractivity contribution >= 4 is 34.9 Å². The quantitative estimate of drug-likeness (QED) is 0.695. The van der Waals surface area contributed by atoms with Crippen molar-refractivity contribution in [3.63, 3.8) is 0 Å². The van der Waals surface area contributed by atoms with Crippen molar-refractivity contribution in [3.8, 4) is 11.3 Å². The van der Waals surface area contributed by atoms with Crippen LogP contribution in [0.5, 0.6) is 0 Å². The van der Waals surface area contributed by atoms with E-state index in [0.29, 0.717) is 33.3 Å². The molecule has 1 atom stereocenters. The van der Waals surface area contributed by atoms with Crippen LogP contribution in [0.2, 0.25) is 5.02 Å². The number of nitrogens with zero attached hydrogens (tertiary/aromatic N) is 2. The average molecular weight is 399 g/mol. The summed E-state index contributed by atoms with van der Waals surface area (Å²) in [4.78, 5) is 25.1. The predicted molar refractivity (Wildman–Crippen MR) is 105 cm³/mol. The maximum Gasteiger partial charge on any atom is 0.249 e. The lowest BCUT2D eigenvalue weighted by Gasteiger charge is -2.24. The first-order chi connectivity index (χ1) is 13.4. The summed E-state index contributed by atoms with van der Waals surface area (Å²) in [7, 11) is 0. The summed E-state index contributed by atoms with van der Waals surface area (Å²) in [6.45, 7) is 1.80. The van der Waals surface area contributed by atoms with Crippen molar-refractivity contribution < 1.29 is 14.0 Å². The maximum atomic E-state index is 13.2. The van der Waals surface area contributed by atoms with E-state index < -0.39 is 11.9 Å². The van der Waals surface area contributed by atoms with Crippen LogP contribution < -0.4 is 10.6 Å². The number of benzene rings is 2. The number of fused-ring (bicyclic) bond motifs is 1. The van der Waals surface area contributed by atoms with Crippen LogP contribution in [-0.2, 0) is 9.59 Å². The van der Waals surface area contributed by atoms with E-state index in [1.807, 2.05) is 0 Å². The van der Waals surface area contributed by atoms with Crippen LogP contribution in [0.25, 0.3) is 11.3 Å². The van der Waals surface area contributed by atoms with Gasteiger partial charge >= 0.3 is 0 Å². The fourth-order valence-electron chi connectivity index (χ4n) is 3.20. The molecule has 1 aliphatic heterocycles. The van der Waals surface area contributed by atoms with E-state index in [1.54, 1.807) is 43.3 Å². The molecule has 2 amide bonds. The standard InChI is InChI=1S/C20H16ClFN4O2/c1-11-18(12-6-8-13(22)9-7-12)25-26-16(10-17(27)24-19(11)26)20(28)23-15-5-3-2-4-14(15)21/h2-9,16H,10H2,1H3,(H,23,28)(H,24,27)/t16-/m0/s1. The minimum atomic E-state index is -0.826. The van der Waals surface area contributed by atoms with Crippen LogP contribution in [0.3, 0.4) is 0 Å². The number of carbonyl (C=O) groups is 2. The Kier molecular flexibility index (Phi) is 4.60. The third kappa shape index (κ3) is 3.25. The lowest BCUT2D eigenvalue weighted by molar-refractivity contribution is -0.125. The molecule has 0 bridgehead atoms. The molecule has 1 aliphatic rings. The Morgan fingerprint density at radius 2 is 1.96 bits per heavy atom. The Morgan fingerprint density at radius 1 is 1.25 bits per heavy atom. The highest BCUT2D eigenvalue weighted by molar-refractivity contribution is 6.33. The van der Waals surface area contributed by atoms with Crippen molar-refractivity contribution in [3.05, 3.63) is 64.9 Å². The fourth-order valence-corrected chi connectivity index (χ4v) is 3.39. The second-order valence-corrected chi connectivity index (χ2v) is 6.92. The summed E-state index contributed by atoms with van der Waals surface area (Å²) in [5.74, 6) is -0.566. The van der Waals surface area contributed by atoms with Crippen LogP contribution >= 0.6 is 11.6 Å². The molecule has 6 nitrogen and oxygen atoms in total. The van der Waals surface area contributed by atoms with Gasteiger partial charge in [-0.25, -0.2) is 9.07 Å². The number of rotatable bonds is 3. The topological polar surface area (TPSA) is 76.0 Å². The van der Waals surface area contributed by atoms with Gasteiger partial charge in [-0.05, 0) is 43.3 Å². The summed E-state index contributed by atoms with van der Waals surface area (Å²) in [6.07, 6.45) is -0.0483. The second kappa shape index (κ2) is 7.09. The van der Waals surface area contributed by atoms with Gasteiger partial charge in [0, 0.05) is 11.1 Å². The monoisotopic (exact) mass is 398 g/mol. The molecule has 0 spiro atoms. The molecule has 2 heterocycles. The van der Waals surface area contributed by atoms with Crippen LogP contribution in [0.4, 0.5) is 15.9 Å². The van der Waals surface area contributed by atoms with Gasteiger partial charge in [0.25, 0.3) is 0 Å². The smallest absolute Gasteiger partial charge is 0.249 e. The Bertz CT molecular complexity index is 1080. The molecule has 0 saturated heterocycles. The number of hydrogen-bond acceptors (Lipinski definition) is 3. The lowest BCUT2D eigenvalue weighted by Crippen LogP contribution is -2.36. The molecule has 2 N–H and O–H groups in total. The summed E-state index contributed by atoms with van der Waals surface area (Å²) in [5.41, 5.74) is 2.44. The Labute approximate surface area is 165 Å². The van der Waals surface area contributed by atoms with E-state index in [4.69, 9.17) is 11.6 Å². The van der Waals surface area contributed by atoms with Crippen molar-refractivity contribution in [1.29, 1.82) is 0 Å². The third-order valence-corrected chi connectivity index (χ3v) is 4.96. The van der Waals surface area contributed by atoms with E-state index in [9.17, 15) is 14.0 Å². The Hall–Kier alpha value is -3.19. The van der Waals surface area contributed by atoms with E-state index in [2.05, 4.69) is 15.7 Å². The van der Waals surface area contributed by atoms with Gasteiger partial charge in [-0.1, -0.05) is 23.7 Å². The molecule has 8 heteroatoms. The number of aromatic nitrogens is 2. The predicted octanol–water partition coefficient (Wildman–Crippen LogP) is 4.17. The first-order valence-corrected chi connectivity index (χ1v) is 9.02. The largest absolute Gasteiger partial charge is 0.323 e. The summed E-state index contributed by atoms with van der Waals surface area (Å²) < 4.78 is 14.7. The zero-order valence-corrected chi connectivity index (χ0v) is 15.6. The van der Waals surface area contributed by atoms with E-state index >= 15 is 0 Å². The molecule has 3 aromatic rings. The fraction of sp³-hybridized carbons (Fsp3) is 0.150. The SMILES string of the molecule is Cc1c(-c2ccc(F)cc2)nn2c1NC(=O)C[C@H]2C(=O)Nc1ccccc1Cl. The van der Waals surface area contributed by atoms with Crippen LogP contribution in [0.1, 0.15) is 18.0 Å². The number of halogens is 2. The first kappa shape index (κ1) is 18.2. The minimum absolute atomic E-state index is 0.0483. The number of hydrogen-bond donors (Lipinski definition) is 2. The third-order valence-electron chi connectivity index (χ3n) is 4.63. The van der Waals surface area contributed by atoms with Crippen molar-refractivity contribution in [1.82, 2.24) is 9.78 Å². The van der Waals surface area contributed by atoms with Gasteiger partial charge in [-0.15, -0.1) is 0 Å². The van der Waals surface area contributed by atoms with Crippen LogP contribution in [-0.4, -0.2) is 21.6 Å². The number of para-hydroxylation sites is 1. The highest BCUT2D eigenvalue weighted by atomic mass is 35.5. The van der Waals surface area contributed by atoms with E-state index in [0.717, 1.165) is 0 Å². The van der Waals surface area contributed by atoms with Crippen LogP contribution in [0, 0.1) is 12.7 Å². The molecule has 2 aromatic carbocycles. The first-order valence-electron chi connectivity index (χ1n) is 8.64. The highest BCUT2D eigenvalue weighted by Crippen LogP contribution is 2.34. The van der Waals surface area contributed by atoms with Crippen LogP contribution in [0.15, 0.2) is 48.5 Å². The van der Waals surface area contributed by atoms with Crippen molar-refractivity contribution in [2.24, 2.45) is 0 Å². The minimum Gasteiger partial charge on any atom is -0.323 e. The molecular formula is C20H16ClFN4O2. The zero-order chi connectivity index (χ0) is 19.8. The van der Waals surface area contributed by atoms with Gasteiger partial charge in [0.15, 0.2) is 0 Å². The Morgan fingerprint density at radius 3 is 2.68 bits per heavy atom. The van der Waals surface area contributed by atoms with Gasteiger partial charge in [0.2, 0.25) is 11.8 Å².